The fourth-order valence-corrected chi connectivity index (χ4v) is 2.63. The smallest absolute Gasteiger partial charge is 0.263 e. The zero-order valence-corrected chi connectivity index (χ0v) is 11.3. The largest absolute Gasteiger partial charge is 0.263 e. The highest BCUT2D eigenvalue weighted by atomic mass is 32.2. The second-order valence-corrected chi connectivity index (χ2v) is 5.88. The van der Waals surface area contributed by atoms with Crippen molar-refractivity contribution in [3.8, 4) is 0 Å². The van der Waals surface area contributed by atoms with Gasteiger partial charge in [-0.05, 0) is 49.2 Å². The summed E-state index contributed by atoms with van der Waals surface area (Å²) in [5.41, 5.74) is 1.87. The molecule has 0 unspecified atom stereocenters. The number of halogens is 1. The van der Waals surface area contributed by atoms with Gasteiger partial charge in [0.05, 0.1) is 4.90 Å². The van der Waals surface area contributed by atoms with Crippen molar-refractivity contribution < 1.29 is 12.8 Å². The predicted octanol–water partition coefficient (Wildman–Crippen LogP) is 2.64. The van der Waals surface area contributed by atoms with Crippen LogP contribution in [-0.4, -0.2) is 13.4 Å². The van der Waals surface area contributed by atoms with E-state index in [-0.39, 0.29) is 10.7 Å². The molecule has 0 bridgehead atoms. The second-order valence-electron chi connectivity index (χ2n) is 4.20. The minimum Gasteiger partial charge on any atom is -0.263 e. The summed E-state index contributed by atoms with van der Waals surface area (Å²) in [4.78, 5) is 3.59. The molecule has 0 aliphatic carbocycles. The third-order valence-corrected chi connectivity index (χ3v) is 4.10. The van der Waals surface area contributed by atoms with Gasteiger partial charge in [-0.3, -0.25) is 4.72 Å². The molecule has 1 N–H and O–H groups in total. The van der Waals surface area contributed by atoms with E-state index in [1.165, 1.54) is 18.2 Å². The monoisotopic (exact) mass is 280 g/mol. The summed E-state index contributed by atoms with van der Waals surface area (Å²) in [5.74, 6) is -0.779. The van der Waals surface area contributed by atoms with Gasteiger partial charge in [0.2, 0.25) is 5.95 Å². The maximum Gasteiger partial charge on any atom is 0.263 e. The van der Waals surface area contributed by atoms with Crippen LogP contribution in [-0.2, 0) is 10.0 Å². The normalized spacial score (nSPS) is 11.3. The average molecular weight is 280 g/mol. The minimum absolute atomic E-state index is 0.0433. The molecule has 0 saturated heterocycles. The molecule has 0 saturated carbocycles. The topological polar surface area (TPSA) is 59.1 Å². The van der Waals surface area contributed by atoms with E-state index in [4.69, 9.17) is 0 Å². The molecule has 0 spiro atoms. The second kappa shape index (κ2) is 4.97. The average Bonchev–Trinajstić information content (AvgIpc) is 2.32. The lowest BCUT2D eigenvalue weighted by Crippen LogP contribution is -2.14. The Bertz CT molecular complexity index is 714. The molecule has 19 heavy (non-hydrogen) atoms. The van der Waals surface area contributed by atoms with Crippen molar-refractivity contribution >= 4 is 15.8 Å². The van der Waals surface area contributed by atoms with Gasteiger partial charge < -0.3 is 0 Å². The van der Waals surface area contributed by atoms with Gasteiger partial charge in [0.1, 0.15) is 5.82 Å². The first-order valence-corrected chi connectivity index (χ1v) is 7.09. The number of pyridine rings is 1. The number of hydrogen-bond acceptors (Lipinski definition) is 3. The summed E-state index contributed by atoms with van der Waals surface area (Å²) in [6.07, 6.45) is 0. The fourth-order valence-electron chi connectivity index (χ4n) is 1.54. The Morgan fingerprint density at radius 2 is 1.84 bits per heavy atom. The van der Waals surface area contributed by atoms with E-state index in [1.807, 2.05) is 13.8 Å². The highest BCUT2D eigenvalue weighted by Crippen LogP contribution is 2.17. The Balaban J connectivity index is 2.35. The van der Waals surface area contributed by atoms with Crippen molar-refractivity contribution in [2.24, 2.45) is 0 Å². The van der Waals surface area contributed by atoms with Crippen molar-refractivity contribution in [2.45, 2.75) is 18.7 Å². The van der Waals surface area contributed by atoms with Crippen LogP contribution in [0.2, 0.25) is 0 Å². The van der Waals surface area contributed by atoms with E-state index >= 15 is 0 Å². The maximum atomic E-state index is 12.9. The number of anilines is 1. The lowest BCUT2D eigenvalue weighted by atomic mass is 10.1. The molecule has 1 aromatic carbocycles. The first-order valence-electron chi connectivity index (χ1n) is 5.61. The van der Waals surface area contributed by atoms with Crippen LogP contribution in [0.4, 0.5) is 10.2 Å². The highest BCUT2D eigenvalue weighted by Gasteiger charge is 2.15. The molecule has 0 aliphatic heterocycles. The van der Waals surface area contributed by atoms with E-state index in [0.29, 0.717) is 0 Å². The van der Waals surface area contributed by atoms with Gasteiger partial charge in [-0.25, -0.2) is 13.4 Å². The molecule has 1 heterocycles. The molecule has 2 rings (SSSR count). The molecule has 100 valence electrons. The van der Waals surface area contributed by atoms with Gasteiger partial charge in [-0.1, -0.05) is 12.1 Å². The Kier molecular flexibility index (Phi) is 3.53. The molecule has 0 radical (unpaired) electrons. The van der Waals surface area contributed by atoms with Crippen LogP contribution in [0.1, 0.15) is 11.1 Å². The van der Waals surface area contributed by atoms with Gasteiger partial charge in [0.25, 0.3) is 10.0 Å². The highest BCUT2D eigenvalue weighted by molar-refractivity contribution is 7.92. The van der Waals surface area contributed by atoms with Crippen molar-refractivity contribution in [2.75, 3.05) is 4.72 Å². The van der Waals surface area contributed by atoms with Crippen LogP contribution >= 0.6 is 0 Å². The number of nitrogens with zero attached hydrogens (tertiary/aromatic N) is 1. The van der Waals surface area contributed by atoms with Crippen molar-refractivity contribution in [3.63, 3.8) is 0 Å². The SMILES string of the molecule is Cc1ccc(S(=O)(=O)Nc2cccc(F)n2)cc1C. The maximum absolute atomic E-state index is 12.9. The van der Waals surface area contributed by atoms with Crippen LogP contribution in [0, 0.1) is 19.8 Å². The molecular weight excluding hydrogens is 267 g/mol. The van der Waals surface area contributed by atoms with E-state index in [9.17, 15) is 12.8 Å². The fraction of sp³-hybridized carbons (Fsp3) is 0.154. The first-order chi connectivity index (χ1) is 8.88. The standard InChI is InChI=1S/C13H13FN2O2S/c1-9-6-7-11(8-10(9)2)19(17,18)16-13-5-3-4-12(14)15-13/h3-8H,1-2H3,(H,15,16). The van der Waals surface area contributed by atoms with Gasteiger partial charge in [-0.2, -0.15) is 4.39 Å². The summed E-state index contributed by atoms with van der Waals surface area (Å²) >= 11 is 0. The number of hydrogen-bond donors (Lipinski definition) is 1. The minimum atomic E-state index is -3.75. The number of sulfonamides is 1. The molecule has 2 aromatic rings. The molecular formula is C13H13FN2O2S. The van der Waals surface area contributed by atoms with Crippen molar-refractivity contribution in [1.82, 2.24) is 4.98 Å². The van der Waals surface area contributed by atoms with E-state index < -0.39 is 16.0 Å². The van der Waals surface area contributed by atoms with Crippen LogP contribution in [0.15, 0.2) is 41.3 Å². The van der Waals surface area contributed by atoms with Crippen LogP contribution < -0.4 is 4.72 Å². The summed E-state index contributed by atoms with van der Waals surface area (Å²) in [6, 6.07) is 8.72. The first kappa shape index (κ1) is 13.5. The van der Waals surface area contributed by atoms with E-state index in [0.717, 1.165) is 17.2 Å². The molecule has 0 atom stereocenters. The summed E-state index contributed by atoms with van der Waals surface area (Å²) in [7, 11) is -3.75. The molecule has 1 aromatic heterocycles. The lowest BCUT2D eigenvalue weighted by Gasteiger charge is -2.09. The van der Waals surface area contributed by atoms with Crippen molar-refractivity contribution in [3.05, 3.63) is 53.5 Å². The quantitative estimate of drug-likeness (QED) is 0.879. The van der Waals surface area contributed by atoms with E-state index in [1.54, 1.807) is 12.1 Å². The Hall–Kier alpha value is -1.95. The third-order valence-electron chi connectivity index (χ3n) is 2.74. The summed E-state index contributed by atoms with van der Waals surface area (Å²) in [6.45, 7) is 3.72. The van der Waals surface area contributed by atoms with Gasteiger partial charge in [0, 0.05) is 0 Å². The predicted molar refractivity (Wildman–Crippen MR) is 70.9 cm³/mol. The van der Waals surface area contributed by atoms with Gasteiger partial charge in [-0.15, -0.1) is 0 Å². The lowest BCUT2D eigenvalue weighted by molar-refractivity contribution is 0.584. The number of nitrogens with one attached hydrogen (secondary N) is 1. The molecule has 4 nitrogen and oxygen atoms in total. The number of rotatable bonds is 3. The van der Waals surface area contributed by atoms with Gasteiger partial charge >= 0.3 is 0 Å². The number of benzene rings is 1. The molecule has 0 amide bonds. The Morgan fingerprint density at radius 1 is 1.11 bits per heavy atom. The summed E-state index contributed by atoms with van der Waals surface area (Å²) in [5, 5.41) is 0. The number of aryl methyl sites for hydroxylation is 2. The Labute approximate surface area is 111 Å². The molecule has 0 fully saturated rings. The van der Waals surface area contributed by atoms with Crippen molar-refractivity contribution in [1.29, 1.82) is 0 Å². The van der Waals surface area contributed by atoms with Crippen LogP contribution in [0.5, 0.6) is 0 Å². The van der Waals surface area contributed by atoms with Crippen LogP contribution in [0.25, 0.3) is 0 Å². The zero-order chi connectivity index (χ0) is 14.0. The van der Waals surface area contributed by atoms with Gasteiger partial charge in [0.15, 0.2) is 0 Å². The van der Waals surface area contributed by atoms with Crippen LogP contribution in [0.3, 0.4) is 0 Å². The zero-order valence-electron chi connectivity index (χ0n) is 10.5. The molecule has 0 aliphatic rings. The number of aromatic nitrogens is 1. The summed E-state index contributed by atoms with van der Waals surface area (Å²) < 4.78 is 39.4. The van der Waals surface area contributed by atoms with E-state index in [2.05, 4.69) is 9.71 Å². The third kappa shape index (κ3) is 3.08. The molecule has 6 heteroatoms. The Morgan fingerprint density at radius 3 is 2.47 bits per heavy atom.